The van der Waals surface area contributed by atoms with Crippen LogP contribution in [0.2, 0.25) is 0 Å². The van der Waals surface area contributed by atoms with E-state index in [1.54, 1.807) is 0 Å². The number of rotatable bonds is 6. The van der Waals surface area contributed by atoms with Crippen LogP contribution >= 0.6 is 0 Å². The molecule has 0 unspecified atom stereocenters. The highest BCUT2D eigenvalue weighted by Crippen LogP contribution is 2.59. The van der Waals surface area contributed by atoms with Gasteiger partial charge in [-0.15, -0.1) is 0 Å². The van der Waals surface area contributed by atoms with Gasteiger partial charge >= 0.3 is 0 Å². The zero-order valence-electron chi connectivity index (χ0n) is 18.5. The lowest BCUT2D eigenvalue weighted by Crippen LogP contribution is -2.41. The fourth-order valence-electron chi connectivity index (χ4n) is 6.28. The van der Waals surface area contributed by atoms with Gasteiger partial charge in [-0.05, 0) is 75.5 Å². The first-order valence-electron chi connectivity index (χ1n) is 11.5. The summed E-state index contributed by atoms with van der Waals surface area (Å²) in [6.07, 6.45) is 11.3. The van der Waals surface area contributed by atoms with Gasteiger partial charge in [-0.3, -0.25) is 4.79 Å². The maximum atomic E-state index is 12.8. The first-order chi connectivity index (χ1) is 13.2. The average molecular weight is 392 g/mol. The molecular weight excluding hydrogens is 350 g/mol. The van der Waals surface area contributed by atoms with Gasteiger partial charge in [0.2, 0.25) is 5.91 Å². The first-order valence-corrected chi connectivity index (χ1v) is 11.5. The van der Waals surface area contributed by atoms with Crippen LogP contribution in [0.15, 0.2) is 11.6 Å². The number of carbonyl (C=O) groups is 1. The van der Waals surface area contributed by atoms with Gasteiger partial charge in [-0.25, -0.2) is 0 Å². The van der Waals surface area contributed by atoms with Crippen molar-refractivity contribution in [2.24, 2.45) is 23.2 Å². The van der Waals surface area contributed by atoms with Gasteiger partial charge < -0.3 is 14.7 Å². The summed E-state index contributed by atoms with van der Waals surface area (Å²) >= 11 is 0. The largest absolute Gasteiger partial charge is 0.390 e. The molecule has 2 saturated carbocycles. The Balaban J connectivity index is 1.65. The Morgan fingerprint density at radius 3 is 2.75 bits per heavy atom. The minimum absolute atomic E-state index is 0.198. The Morgan fingerprint density at radius 1 is 1.36 bits per heavy atom. The molecule has 4 heteroatoms. The van der Waals surface area contributed by atoms with Crippen molar-refractivity contribution in [3.63, 3.8) is 0 Å². The van der Waals surface area contributed by atoms with E-state index in [1.165, 1.54) is 37.7 Å². The van der Waals surface area contributed by atoms with Crippen LogP contribution in [0, 0.1) is 23.2 Å². The number of nitrogens with zero attached hydrogens (tertiary/aromatic N) is 1. The third-order valence-electron chi connectivity index (χ3n) is 7.80. The highest BCUT2D eigenvalue weighted by molar-refractivity contribution is 5.88. The lowest BCUT2D eigenvalue weighted by atomic mass is 9.60. The smallest absolute Gasteiger partial charge is 0.246 e. The number of hydrogen-bond donors (Lipinski definition) is 1. The normalized spacial score (nSPS) is 33.8. The van der Waals surface area contributed by atoms with Crippen molar-refractivity contribution < 1.29 is 14.6 Å². The maximum Gasteiger partial charge on any atom is 0.246 e. The molecule has 0 radical (unpaired) electrons. The summed E-state index contributed by atoms with van der Waals surface area (Å²) in [7, 11) is 0. The molecule has 1 aliphatic heterocycles. The molecule has 4 atom stereocenters. The van der Waals surface area contributed by atoms with Crippen molar-refractivity contribution in [1.82, 2.24) is 4.90 Å². The Bertz CT molecular complexity index is 573. The molecule has 4 nitrogen and oxygen atoms in total. The lowest BCUT2D eigenvalue weighted by molar-refractivity contribution is -0.130. The van der Waals surface area contributed by atoms with Crippen LogP contribution in [0.1, 0.15) is 79.1 Å². The molecular formula is C24H41NO3. The predicted molar refractivity (Wildman–Crippen MR) is 113 cm³/mol. The number of aliphatic hydroxyl groups is 1. The van der Waals surface area contributed by atoms with Crippen molar-refractivity contribution in [2.75, 3.05) is 26.3 Å². The van der Waals surface area contributed by atoms with Crippen LogP contribution in [0.3, 0.4) is 0 Å². The fourth-order valence-corrected chi connectivity index (χ4v) is 6.28. The van der Waals surface area contributed by atoms with Crippen molar-refractivity contribution in [3.05, 3.63) is 11.6 Å². The zero-order chi connectivity index (χ0) is 20.4. The molecule has 3 fully saturated rings. The summed E-state index contributed by atoms with van der Waals surface area (Å²) in [5, 5.41) is 10.0. The summed E-state index contributed by atoms with van der Waals surface area (Å²) in [5.41, 5.74) is 1.20. The average Bonchev–Trinajstić information content (AvgIpc) is 2.99. The van der Waals surface area contributed by atoms with Gasteiger partial charge in [0, 0.05) is 19.2 Å². The van der Waals surface area contributed by atoms with Crippen LogP contribution < -0.4 is 0 Å². The third kappa shape index (κ3) is 4.99. The van der Waals surface area contributed by atoms with E-state index >= 15 is 0 Å². The van der Waals surface area contributed by atoms with E-state index in [2.05, 4.69) is 13.8 Å². The van der Waals surface area contributed by atoms with E-state index in [-0.39, 0.29) is 5.91 Å². The topological polar surface area (TPSA) is 49.8 Å². The van der Waals surface area contributed by atoms with Crippen LogP contribution in [0.4, 0.5) is 0 Å². The van der Waals surface area contributed by atoms with E-state index in [9.17, 15) is 9.90 Å². The van der Waals surface area contributed by atoms with Gasteiger partial charge in [0.05, 0.1) is 18.8 Å². The quantitative estimate of drug-likeness (QED) is 0.675. The molecule has 3 rings (SSSR count). The summed E-state index contributed by atoms with van der Waals surface area (Å²) in [6.45, 7) is 11.5. The van der Waals surface area contributed by atoms with Crippen LogP contribution in [-0.2, 0) is 9.53 Å². The van der Waals surface area contributed by atoms with Gasteiger partial charge in [-0.1, -0.05) is 32.3 Å². The minimum atomic E-state index is -0.553. The number of hydrogen-bond acceptors (Lipinski definition) is 3. The summed E-state index contributed by atoms with van der Waals surface area (Å²) in [6, 6.07) is 0. The number of fused-ring (bicyclic) bond motifs is 1. The van der Waals surface area contributed by atoms with Gasteiger partial charge in [0.25, 0.3) is 0 Å². The Hall–Kier alpha value is -0.870. The molecule has 0 aromatic rings. The Kier molecular flexibility index (Phi) is 6.92. The third-order valence-corrected chi connectivity index (χ3v) is 7.80. The Morgan fingerprint density at radius 2 is 2.07 bits per heavy atom. The molecule has 0 spiro atoms. The van der Waals surface area contributed by atoms with Gasteiger partial charge in [0.1, 0.15) is 0 Å². The maximum absolute atomic E-state index is 12.8. The van der Waals surface area contributed by atoms with E-state index in [0.717, 1.165) is 38.3 Å². The molecule has 1 N–H and O–H groups in total. The second kappa shape index (κ2) is 8.87. The highest BCUT2D eigenvalue weighted by Gasteiger charge is 2.50. The van der Waals surface area contributed by atoms with E-state index < -0.39 is 5.60 Å². The zero-order valence-corrected chi connectivity index (χ0v) is 18.5. The molecule has 3 aliphatic rings. The molecule has 1 heterocycles. The monoisotopic (exact) mass is 391 g/mol. The van der Waals surface area contributed by atoms with Crippen molar-refractivity contribution in [2.45, 2.75) is 84.7 Å². The molecule has 28 heavy (non-hydrogen) atoms. The number of morpholine rings is 1. The minimum Gasteiger partial charge on any atom is -0.390 e. The lowest BCUT2D eigenvalue weighted by Gasteiger charge is -2.44. The van der Waals surface area contributed by atoms with Crippen molar-refractivity contribution in [3.8, 4) is 0 Å². The standard InChI is InChI=1S/C24H41NO3/c1-18(7-5-11-23(2,3)27)20-9-10-21-19(8-6-12-24(20,21)4)17-22(26)25-13-15-28-16-14-25/h17-18,20-21,27H,5-16H2,1-4H3/b19-17+/t18-,20-,21+,24-/m1/s1. The van der Waals surface area contributed by atoms with Gasteiger partial charge in [0.15, 0.2) is 0 Å². The van der Waals surface area contributed by atoms with E-state index in [4.69, 9.17) is 4.74 Å². The molecule has 1 amide bonds. The van der Waals surface area contributed by atoms with Crippen molar-refractivity contribution >= 4 is 5.91 Å². The number of amides is 1. The summed E-state index contributed by atoms with van der Waals surface area (Å²) in [4.78, 5) is 14.7. The summed E-state index contributed by atoms with van der Waals surface area (Å²) < 4.78 is 5.39. The predicted octanol–water partition coefficient (Wildman–Crippen LogP) is 4.57. The molecule has 160 valence electrons. The number of allylic oxidation sites excluding steroid dienone is 1. The second-order valence-corrected chi connectivity index (χ2v) is 10.4. The summed E-state index contributed by atoms with van der Waals surface area (Å²) in [5.74, 6) is 2.20. The van der Waals surface area contributed by atoms with E-state index in [0.29, 0.717) is 30.5 Å². The van der Waals surface area contributed by atoms with Crippen LogP contribution in [-0.4, -0.2) is 47.8 Å². The highest BCUT2D eigenvalue weighted by atomic mass is 16.5. The van der Waals surface area contributed by atoms with Crippen LogP contribution in [0.5, 0.6) is 0 Å². The first kappa shape index (κ1) is 21.8. The van der Waals surface area contributed by atoms with Gasteiger partial charge in [-0.2, -0.15) is 0 Å². The number of ether oxygens (including phenoxy) is 1. The van der Waals surface area contributed by atoms with Crippen molar-refractivity contribution in [1.29, 1.82) is 0 Å². The molecule has 2 aliphatic carbocycles. The second-order valence-electron chi connectivity index (χ2n) is 10.4. The molecule has 0 aromatic carbocycles. The SMILES string of the molecule is C[C@H](CCCC(C)(C)O)[C@H]1CC[C@H]2/C(=C/C(=O)N3CCOCC3)CCC[C@]12C. The molecule has 0 bridgehead atoms. The Labute approximate surface area is 171 Å². The van der Waals surface area contributed by atoms with E-state index in [1.807, 2.05) is 24.8 Å². The molecule has 0 aromatic heterocycles. The fraction of sp³-hybridized carbons (Fsp3) is 0.875. The number of carbonyl (C=O) groups excluding carboxylic acids is 1. The van der Waals surface area contributed by atoms with Crippen LogP contribution in [0.25, 0.3) is 0 Å². The molecule has 1 saturated heterocycles.